The third-order valence-corrected chi connectivity index (χ3v) is 5.14. The van der Waals surface area contributed by atoms with Gasteiger partial charge in [-0.1, -0.05) is 25.4 Å². The van der Waals surface area contributed by atoms with Crippen molar-refractivity contribution in [2.24, 2.45) is 5.41 Å². The van der Waals surface area contributed by atoms with Gasteiger partial charge in [-0.2, -0.15) is 13.2 Å². The first kappa shape index (κ1) is 27.0. The van der Waals surface area contributed by atoms with Crippen LogP contribution in [0, 0.1) is 29.4 Å². The van der Waals surface area contributed by atoms with E-state index in [0.29, 0.717) is 16.1 Å². The Morgan fingerprint density at radius 2 is 1.82 bits per heavy atom. The van der Waals surface area contributed by atoms with Crippen molar-refractivity contribution < 1.29 is 51.6 Å². The summed E-state index contributed by atoms with van der Waals surface area (Å²) >= 11 is 6.15. The van der Waals surface area contributed by atoms with E-state index in [1.807, 2.05) is 0 Å². The Morgan fingerprint density at radius 3 is 2.41 bits per heavy atom. The minimum atomic E-state index is -4.94. The van der Waals surface area contributed by atoms with Crippen LogP contribution in [-0.2, 0) is 23.8 Å². The number of halogens is 4. The Morgan fingerprint density at radius 1 is 1.18 bits per heavy atom. The quantitative estimate of drug-likeness (QED) is 0.214. The van der Waals surface area contributed by atoms with E-state index >= 15 is 0 Å². The molecule has 0 aromatic heterocycles. The van der Waals surface area contributed by atoms with E-state index < -0.39 is 47.3 Å². The van der Waals surface area contributed by atoms with Gasteiger partial charge in [0.2, 0.25) is 12.9 Å². The van der Waals surface area contributed by atoms with Crippen LogP contribution in [0.2, 0.25) is 5.02 Å². The molecule has 1 aromatic carbocycles. The van der Waals surface area contributed by atoms with Crippen molar-refractivity contribution in [3.05, 3.63) is 43.5 Å². The molecule has 1 unspecified atom stereocenters. The van der Waals surface area contributed by atoms with Gasteiger partial charge in [-0.05, 0) is 37.1 Å². The van der Waals surface area contributed by atoms with Gasteiger partial charge in [0.15, 0.2) is 0 Å². The largest absolute Gasteiger partial charge is 0.511 e. The fourth-order valence-electron chi connectivity index (χ4n) is 2.82. The minimum Gasteiger partial charge on any atom is -0.475 e. The van der Waals surface area contributed by atoms with Crippen LogP contribution in [0.1, 0.15) is 30.5 Å². The minimum absolute atomic E-state index is 0.0956. The van der Waals surface area contributed by atoms with Crippen molar-refractivity contribution in [1.82, 2.24) is 0 Å². The monoisotopic (exact) mass is 511 g/mol. The zero-order chi connectivity index (χ0) is 25.8. The SMILES string of the molecule is Cc1cc2c(c(C)c1Cl)C=C(C(=O)OCOC(=O)OCC(C)(C)CO[N+](=O)[O-])C(C(F)(F)F)O2. The number of hydrogen-bond acceptors (Lipinski definition) is 9. The Bertz CT molecular complexity index is 1010. The van der Waals surface area contributed by atoms with Crippen molar-refractivity contribution in [1.29, 1.82) is 0 Å². The zero-order valence-electron chi connectivity index (χ0n) is 18.5. The molecule has 1 atom stereocenters. The molecular weight excluding hydrogens is 491 g/mol. The summed E-state index contributed by atoms with van der Waals surface area (Å²) in [4.78, 5) is 38.4. The van der Waals surface area contributed by atoms with Crippen LogP contribution in [0.25, 0.3) is 6.08 Å². The van der Waals surface area contributed by atoms with Gasteiger partial charge in [0.25, 0.3) is 5.09 Å². The van der Waals surface area contributed by atoms with Crippen LogP contribution >= 0.6 is 11.6 Å². The Hall–Kier alpha value is -3.22. The second-order valence-corrected chi connectivity index (χ2v) is 8.46. The molecule has 0 aliphatic carbocycles. The van der Waals surface area contributed by atoms with E-state index in [1.54, 1.807) is 13.8 Å². The molecule has 1 heterocycles. The number of alkyl halides is 3. The fraction of sp³-hybridized carbons (Fsp3) is 0.500. The molecule has 188 valence electrons. The van der Waals surface area contributed by atoms with Crippen LogP contribution in [-0.4, -0.2) is 49.5 Å². The second kappa shape index (κ2) is 10.4. The van der Waals surface area contributed by atoms with E-state index in [9.17, 15) is 32.9 Å². The van der Waals surface area contributed by atoms with Gasteiger partial charge in [-0.25, -0.2) is 9.59 Å². The van der Waals surface area contributed by atoms with Gasteiger partial charge in [-0.15, -0.1) is 10.1 Å². The lowest BCUT2D eigenvalue weighted by molar-refractivity contribution is -0.760. The maximum absolute atomic E-state index is 13.5. The van der Waals surface area contributed by atoms with E-state index in [0.717, 1.165) is 6.08 Å². The Balaban J connectivity index is 2.04. The highest BCUT2D eigenvalue weighted by molar-refractivity contribution is 6.32. The van der Waals surface area contributed by atoms with Crippen molar-refractivity contribution in [2.75, 3.05) is 20.0 Å². The van der Waals surface area contributed by atoms with Gasteiger partial charge in [0, 0.05) is 16.0 Å². The van der Waals surface area contributed by atoms with Crippen LogP contribution in [0.5, 0.6) is 5.75 Å². The van der Waals surface area contributed by atoms with E-state index in [-0.39, 0.29) is 24.5 Å². The molecule has 1 aliphatic rings. The maximum Gasteiger partial charge on any atom is 0.511 e. The maximum atomic E-state index is 13.5. The summed E-state index contributed by atoms with van der Waals surface area (Å²) in [6.07, 6.45) is -7.90. The first-order chi connectivity index (χ1) is 15.6. The summed E-state index contributed by atoms with van der Waals surface area (Å²) in [5.41, 5.74) is -0.720. The second-order valence-electron chi connectivity index (χ2n) is 8.08. The molecule has 0 amide bonds. The zero-order valence-corrected chi connectivity index (χ0v) is 19.2. The molecule has 1 aromatic rings. The predicted octanol–water partition coefficient (Wildman–Crippen LogP) is 4.55. The number of fused-ring (bicyclic) bond motifs is 1. The number of benzene rings is 1. The molecular formula is C20H21ClF3NO9. The number of esters is 1. The normalized spacial score (nSPS) is 15.4. The molecule has 0 bridgehead atoms. The third-order valence-electron chi connectivity index (χ3n) is 4.56. The van der Waals surface area contributed by atoms with Crippen LogP contribution in [0.15, 0.2) is 11.6 Å². The molecule has 0 fully saturated rings. The summed E-state index contributed by atoms with van der Waals surface area (Å²) < 4.78 is 59.6. The highest BCUT2D eigenvalue weighted by atomic mass is 35.5. The molecule has 0 saturated heterocycles. The smallest absolute Gasteiger partial charge is 0.475 e. The highest BCUT2D eigenvalue weighted by Gasteiger charge is 2.49. The number of carbonyl (C=O) groups is 2. The Kier molecular flexibility index (Phi) is 8.24. The third kappa shape index (κ3) is 6.89. The fourth-order valence-corrected chi connectivity index (χ4v) is 2.98. The van der Waals surface area contributed by atoms with Gasteiger partial charge in [-0.3, -0.25) is 0 Å². The first-order valence-corrected chi connectivity index (χ1v) is 9.99. The molecule has 0 spiro atoms. The van der Waals surface area contributed by atoms with Crippen molar-refractivity contribution in [3.63, 3.8) is 0 Å². The topological polar surface area (TPSA) is 123 Å². The molecule has 1 aliphatic heterocycles. The molecule has 34 heavy (non-hydrogen) atoms. The van der Waals surface area contributed by atoms with Crippen LogP contribution < -0.4 is 4.74 Å². The predicted molar refractivity (Wildman–Crippen MR) is 109 cm³/mol. The average Bonchev–Trinajstić information content (AvgIpc) is 2.73. The number of nitrogens with zero attached hydrogens (tertiary/aromatic N) is 1. The highest BCUT2D eigenvalue weighted by Crippen LogP contribution is 2.41. The van der Waals surface area contributed by atoms with Gasteiger partial charge in [0.1, 0.15) is 19.0 Å². The standard InChI is InChI=1S/C20H21ClF3NO9/c1-10-5-14-12(11(2)15(10)21)6-13(16(34-14)20(22,23)24)17(26)31-9-32-18(27)30-7-19(3,4)8-33-25(28)29/h5-6,16H,7-9H2,1-4H3. The number of ether oxygens (including phenoxy) is 4. The van der Waals surface area contributed by atoms with Gasteiger partial charge >= 0.3 is 18.3 Å². The molecule has 14 heteroatoms. The van der Waals surface area contributed by atoms with E-state index in [1.165, 1.54) is 19.9 Å². The number of hydrogen-bond donors (Lipinski definition) is 0. The molecule has 0 N–H and O–H groups in total. The first-order valence-electron chi connectivity index (χ1n) is 9.61. The lowest BCUT2D eigenvalue weighted by atomic mass is 9.96. The summed E-state index contributed by atoms with van der Waals surface area (Å²) in [7, 11) is 0. The van der Waals surface area contributed by atoms with E-state index in [2.05, 4.69) is 14.3 Å². The number of rotatable bonds is 8. The molecule has 2 rings (SSSR count). The van der Waals surface area contributed by atoms with Gasteiger partial charge in [0.05, 0.1) is 5.57 Å². The van der Waals surface area contributed by atoms with Crippen molar-refractivity contribution >= 4 is 29.8 Å². The average molecular weight is 512 g/mol. The Labute approximate surface area is 196 Å². The summed E-state index contributed by atoms with van der Waals surface area (Å²) in [5.74, 6) is -1.53. The van der Waals surface area contributed by atoms with E-state index in [4.69, 9.17) is 21.1 Å². The van der Waals surface area contributed by atoms with Crippen molar-refractivity contribution in [2.45, 2.75) is 40.0 Å². The summed E-state index contributed by atoms with van der Waals surface area (Å²) in [6.45, 7) is 4.39. The number of carbonyl (C=O) groups excluding carboxylic acids is 2. The summed E-state index contributed by atoms with van der Waals surface area (Å²) in [5, 5.41) is 9.53. The van der Waals surface area contributed by atoms with Crippen LogP contribution in [0.3, 0.4) is 0 Å². The molecule has 0 radical (unpaired) electrons. The van der Waals surface area contributed by atoms with Crippen molar-refractivity contribution in [3.8, 4) is 5.75 Å². The lowest BCUT2D eigenvalue weighted by Gasteiger charge is -2.29. The molecule has 10 nitrogen and oxygen atoms in total. The lowest BCUT2D eigenvalue weighted by Crippen LogP contribution is -2.41. The molecule has 0 saturated carbocycles. The summed E-state index contributed by atoms with van der Waals surface area (Å²) in [6, 6.07) is 1.33. The number of aryl methyl sites for hydroxylation is 1. The van der Waals surface area contributed by atoms with Gasteiger partial charge < -0.3 is 23.8 Å². The van der Waals surface area contributed by atoms with Crippen LogP contribution in [0.4, 0.5) is 18.0 Å².